The van der Waals surface area contributed by atoms with E-state index in [1.165, 1.54) is 6.20 Å². The Kier molecular flexibility index (Phi) is 6.14. The lowest BCUT2D eigenvalue weighted by Gasteiger charge is -2.21. The maximum atomic E-state index is 13.3. The molecule has 3 aliphatic rings. The van der Waals surface area contributed by atoms with E-state index in [1.54, 1.807) is 24.3 Å². The number of fused-ring (bicyclic) bond motifs is 2. The van der Waals surface area contributed by atoms with E-state index in [-0.39, 0.29) is 22.4 Å². The van der Waals surface area contributed by atoms with Crippen LogP contribution in [-0.2, 0) is 0 Å². The lowest BCUT2D eigenvalue weighted by Crippen LogP contribution is -2.28. The van der Waals surface area contributed by atoms with Crippen LogP contribution in [0, 0.1) is 0 Å². The maximum absolute atomic E-state index is 13.3. The van der Waals surface area contributed by atoms with Crippen LogP contribution < -0.4 is 5.43 Å². The van der Waals surface area contributed by atoms with Gasteiger partial charge in [0.15, 0.2) is 11.2 Å². The summed E-state index contributed by atoms with van der Waals surface area (Å²) in [6.45, 7) is 2.50. The van der Waals surface area contributed by atoms with Crippen molar-refractivity contribution >= 4 is 11.4 Å². The first-order chi connectivity index (χ1) is 13.8. The summed E-state index contributed by atoms with van der Waals surface area (Å²) in [6, 6.07) is 3.15. The molecule has 0 radical (unpaired) electrons. The van der Waals surface area contributed by atoms with Gasteiger partial charge in [-0.05, 0) is 52.5 Å². The maximum Gasteiger partial charge on any atom is 0.198 e. The fourth-order valence-electron chi connectivity index (χ4n) is 3.22. The average Bonchev–Trinajstić information content (AvgIpc) is 2.66. The molecule has 0 aromatic heterocycles. The highest BCUT2D eigenvalue weighted by molar-refractivity contribution is 6.27. The summed E-state index contributed by atoms with van der Waals surface area (Å²) in [5.74, 6) is -0.175. The van der Waals surface area contributed by atoms with Gasteiger partial charge in [0.25, 0.3) is 0 Å². The summed E-state index contributed by atoms with van der Waals surface area (Å²) in [6.07, 6.45) is 4.92. The molecule has 8 heteroatoms. The van der Waals surface area contributed by atoms with Crippen molar-refractivity contribution in [3.05, 3.63) is 51.8 Å². The van der Waals surface area contributed by atoms with E-state index < -0.39 is 0 Å². The molecule has 0 saturated heterocycles. The third kappa shape index (κ3) is 4.23. The summed E-state index contributed by atoms with van der Waals surface area (Å²) in [5.41, 5.74) is 1.68. The SMILES string of the molecule is CN(C)CCN=C1C=CC(=NCCN(C)C)c2c1c(O)c1n(O)cccc-1c2=O. The topological polar surface area (TPSA) is 93.7 Å². The second-order valence-corrected chi connectivity index (χ2v) is 7.52. The van der Waals surface area contributed by atoms with E-state index in [2.05, 4.69) is 9.98 Å². The number of aromatic nitrogens is 1. The zero-order valence-electron chi connectivity index (χ0n) is 17.3. The van der Waals surface area contributed by atoms with Gasteiger partial charge in [-0.15, -0.1) is 0 Å². The van der Waals surface area contributed by atoms with Crippen molar-refractivity contribution in [3.63, 3.8) is 0 Å². The van der Waals surface area contributed by atoms with E-state index >= 15 is 0 Å². The molecule has 0 amide bonds. The monoisotopic (exact) mass is 397 g/mol. The molecule has 0 bridgehead atoms. The van der Waals surface area contributed by atoms with Crippen LogP contribution in [0.5, 0.6) is 5.75 Å². The molecule has 1 aliphatic heterocycles. The molecule has 8 nitrogen and oxygen atoms in total. The molecule has 154 valence electrons. The zero-order chi connectivity index (χ0) is 21.1. The van der Waals surface area contributed by atoms with Crippen LogP contribution in [0.4, 0.5) is 0 Å². The third-order valence-electron chi connectivity index (χ3n) is 4.73. The number of phenols is 1. The molecule has 3 rings (SSSR count). The van der Waals surface area contributed by atoms with Crippen molar-refractivity contribution in [1.29, 1.82) is 0 Å². The highest BCUT2D eigenvalue weighted by Gasteiger charge is 2.30. The summed E-state index contributed by atoms with van der Waals surface area (Å²) < 4.78 is 0.769. The van der Waals surface area contributed by atoms with Crippen LogP contribution >= 0.6 is 0 Å². The molecule has 0 saturated carbocycles. The Bertz CT molecular complexity index is 1020. The van der Waals surface area contributed by atoms with Crippen molar-refractivity contribution in [2.45, 2.75) is 0 Å². The van der Waals surface area contributed by atoms with E-state index in [4.69, 9.17) is 0 Å². The van der Waals surface area contributed by atoms with Gasteiger partial charge >= 0.3 is 0 Å². The number of hydrogen-bond donors (Lipinski definition) is 2. The predicted molar refractivity (Wildman–Crippen MR) is 115 cm³/mol. The summed E-state index contributed by atoms with van der Waals surface area (Å²) >= 11 is 0. The second kappa shape index (κ2) is 8.59. The van der Waals surface area contributed by atoms with Gasteiger partial charge < -0.3 is 20.1 Å². The van der Waals surface area contributed by atoms with Gasteiger partial charge in [-0.25, -0.2) is 0 Å². The lowest BCUT2D eigenvalue weighted by atomic mass is 9.88. The molecule has 0 aromatic rings. The minimum Gasteiger partial charge on any atom is -0.505 e. The van der Waals surface area contributed by atoms with Gasteiger partial charge in [-0.1, -0.05) is 0 Å². The van der Waals surface area contributed by atoms with Gasteiger partial charge in [0.1, 0.15) is 5.69 Å². The highest BCUT2D eigenvalue weighted by atomic mass is 16.5. The summed E-state index contributed by atoms with van der Waals surface area (Å²) in [5, 5.41) is 21.2. The largest absolute Gasteiger partial charge is 0.505 e. The van der Waals surface area contributed by atoms with Gasteiger partial charge in [0, 0.05) is 19.3 Å². The molecule has 0 unspecified atom stereocenters. The number of nitrogens with zero attached hydrogens (tertiary/aromatic N) is 5. The predicted octanol–water partition coefficient (Wildman–Crippen LogP) is 1.17. The van der Waals surface area contributed by atoms with Crippen molar-refractivity contribution in [1.82, 2.24) is 14.5 Å². The molecule has 0 aromatic carbocycles. The Balaban J connectivity index is 2.22. The molecule has 1 heterocycles. The van der Waals surface area contributed by atoms with Crippen LogP contribution in [0.2, 0.25) is 0 Å². The molecule has 2 N–H and O–H groups in total. The summed E-state index contributed by atoms with van der Waals surface area (Å²) in [7, 11) is 7.82. The van der Waals surface area contributed by atoms with E-state index in [9.17, 15) is 15.1 Å². The first-order valence-corrected chi connectivity index (χ1v) is 9.48. The van der Waals surface area contributed by atoms with Gasteiger partial charge in [0.2, 0.25) is 0 Å². The number of rotatable bonds is 6. The van der Waals surface area contributed by atoms with Gasteiger partial charge in [-0.2, -0.15) is 4.73 Å². The number of aromatic hydroxyl groups is 1. The average molecular weight is 397 g/mol. The molecule has 29 heavy (non-hydrogen) atoms. The van der Waals surface area contributed by atoms with Crippen LogP contribution in [0.25, 0.3) is 11.3 Å². The van der Waals surface area contributed by atoms with Crippen LogP contribution in [0.3, 0.4) is 0 Å². The number of pyridine rings is 1. The van der Waals surface area contributed by atoms with Crippen molar-refractivity contribution in [2.75, 3.05) is 54.4 Å². The molecule has 0 fully saturated rings. The third-order valence-corrected chi connectivity index (χ3v) is 4.73. The Morgan fingerprint density at radius 1 is 0.966 bits per heavy atom. The van der Waals surface area contributed by atoms with Crippen molar-refractivity contribution in [2.24, 2.45) is 9.98 Å². The van der Waals surface area contributed by atoms with E-state index in [0.29, 0.717) is 35.6 Å². The lowest BCUT2D eigenvalue weighted by molar-refractivity contribution is 0.186. The van der Waals surface area contributed by atoms with Crippen molar-refractivity contribution in [3.8, 4) is 17.0 Å². The summed E-state index contributed by atoms with van der Waals surface area (Å²) in [4.78, 5) is 26.5. The number of hydrogen-bond acceptors (Lipinski definition) is 7. The number of aliphatic imine (C=N–C) groups is 2. The number of allylic oxidation sites excluding steroid dienone is 2. The first-order valence-electron chi connectivity index (χ1n) is 9.48. The molecular weight excluding hydrogens is 370 g/mol. The molecule has 0 atom stereocenters. The molecule has 0 spiro atoms. The standard InChI is InChI=1S/C21H27N5O3/c1-24(2)12-9-22-15-7-8-16(23-10-13-25(3)4)18-17(15)20(27)14-6-5-11-26(29)19(14)21(18)28/h5-8,11,28-29H,9-10,12-13H2,1-4H3. The van der Waals surface area contributed by atoms with Crippen LogP contribution in [0.1, 0.15) is 11.1 Å². The molecular formula is C21H27N5O3. The van der Waals surface area contributed by atoms with Crippen molar-refractivity contribution < 1.29 is 10.3 Å². The number of benzene rings is 1. The van der Waals surface area contributed by atoms with Gasteiger partial charge in [0.05, 0.1) is 41.2 Å². The smallest absolute Gasteiger partial charge is 0.198 e. The fraction of sp³-hybridized carbons (Fsp3) is 0.381. The minimum absolute atomic E-state index is 0.0690. The quantitative estimate of drug-likeness (QED) is 0.714. The Labute approximate surface area is 170 Å². The minimum atomic E-state index is -0.288. The first kappa shape index (κ1) is 20.8. The second-order valence-electron chi connectivity index (χ2n) is 7.52. The highest BCUT2D eigenvalue weighted by Crippen LogP contribution is 2.35. The fourth-order valence-corrected chi connectivity index (χ4v) is 3.22. The Hall–Kier alpha value is -2.97. The Morgan fingerprint density at radius 2 is 1.52 bits per heavy atom. The van der Waals surface area contributed by atoms with E-state index in [0.717, 1.165) is 17.8 Å². The Morgan fingerprint density at radius 3 is 2.07 bits per heavy atom. The zero-order valence-corrected chi connectivity index (χ0v) is 17.3. The van der Waals surface area contributed by atoms with Crippen LogP contribution in [-0.4, -0.2) is 90.6 Å². The van der Waals surface area contributed by atoms with Crippen LogP contribution in [0.15, 0.2) is 45.3 Å². The normalized spacial score (nSPS) is 16.5. The number of phenolic OH excluding ortho intramolecular Hbond substituents is 1. The van der Waals surface area contributed by atoms with E-state index in [1.807, 2.05) is 38.0 Å². The molecule has 2 aliphatic carbocycles. The number of likely N-dealkylation sites (N-methyl/N-ethyl adjacent to an activating group) is 2. The van der Waals surface area contributed by atoms with Gasteiger partial charge in [-0.3, -0.25) is 14.8 Å².